The molecule has 1 fully saturated rings. The molecule has 1 aliphatic rings. The van der Waals surface area contributed by atoms with Gasteiger partial charge >= 0.3 is 0 Å². The molecule has 3 aromatic rings. The molecule has 0 bridgehead atoms. The maximum atomic E-state index is 13.1. The second-order valence-corrected chi connectivity index (χ2v) is 7.65. The first-order valence-corrected chi connectivity index (χ1v) is 10.8. The van der Waals surface area contributed by atoms with E-state index in [1.807, 2.05) is 41.3 Å². The fourth-order valence-electron chi connectivity index (χ4n) is 3.55. The van der Waals surface area contributed by atoms with Gasteiger partial charge in [0.25, 0.3) is 0 Å². The van der Waals surface area contributed by atoms with Crippen molar-refractivity contribution < 1.29 is 13.9 Å². The zero-order valence-corrected chi connectivity index (χ0v) is 18.4. The third-order valence-corrected chi connectivity index (χ3v) is 5.30. The molecule has 7 nitrogen and oxygen atoms in total. The van der Waals surface area contributed by atoms with Crippen LogP contribution < -0.4 is 20.3 Å². The molecule has 0 radical (unpaired) electrons. The highest BCUT2D eigenvalue weighted by Crippen LogP contribution is 2.22. The number of aliphatic imine (C=N–C) groups is 1. The Labute approximate surface area is 192 Å². The van der Waals surface area contributed by atoms with Gasteiger partial charge < -0.3 is 20.3 Å². The Morgan fingerprint density at radius 3 is 2.45 bits per heavy atom. The van der Waals surface area contributed by atoms with Crippen molar-refractivity contribution in [3.63, 3.8) is 0 Å². The molecule has 2 N–H and O–H groups in total. The lowest BCUT2D eigenvalue weighted by molar-refractivity contribution is -0.117. The average Bonchev–Trinajstić information content (AvgIpc) is 3.27. The highest BCUT2D eigenvalue weighted by molar-refractivity contribution is 5.95. The second-order valence-electron chi connectivity index (χ2n) is 7.65. The molecule has 0 saturated carbocycles. The van der Waals surface area contributed by atoms with Gasteiger partial charge in [0.1, 0.15) is 11.6 Å². The van der Waals surface area contributed by atoms with E-state index in [1.54, 1.807) is 25.4 Å². The molecule has 4 rings (SSSR count). The van der Waals surface area contributed by atoms with Crippen molar-refractivity contribution in [1.29, 1.82) is 0 Å². The van der Waals surface area contributed by atoms with E-state index in [0.717, 1.165) is 29.8 Å². The van der Waals surface area contributed by atoms with E-state index < -0.39 is 0 Å². The van der Waals surface area contributed by atoms with Crippen LogP contribution >= 0.6 is 0 Å². The Bertz CT molecular complexity index is 1120. The Morgan fingerprint density at radius 2 is 1.79 bits per heavy atom. The zero-order valence-electron chi connectivity index (χ0n) is 18.4. The van der Waals surface area contributed by atoms with E-state index in [2.05, 4.69) is 20.6 Å². The Morgan fingerprint density at radius 1 is 1.06 bits per heavy atom. The van der Waals surface area contributed by atoms with Crippen LogP contribution in [0, 0.1) is 5.82 Å². The standard InChI is InChI=1S/C25H26FN5O2/c1-27-25(29-16-18-4-8-21(9-5-18)31-14-2-3-24(31)32)30-17-19-12-13-28-23(15-19)33-22-10-6-20(26)7-11-22/h4-13,15H,2-3,14,16-17H2,1H3,(H2,27,29,30). The summed E-state index contributed by atoms with van der Waals surface area (Å²) in [5.74, 6) is 1.48. The quantitative estimate of drug-likeness (QED) is 0.423. The molecule has 0 atom stereocenters. The van der Waals surface area contributed by atoms with Gasteiger partial charge in [0.05, 0.1) is 0 Å². The molecular formula is C25H26FN5O2. The van der Waals surface area contributed by atoms with Gasteiger partial charge in [0.2, 0.25) is 11.8 Å². The summed E-state index contributed by atoms with van der Waals surface area (Å²) in [5.41, 5.74) is 3.00. The van der Waals surface area contributed by atoms with Gasteiger partial charge in [-0.3, -0.25) is 9.79 Å². The zero-order chi connectivity index (χ0) is 23.0. The Balaban J connectivity index is 1.28. The summed E-state index contributed by atoms with van der Waals surface area (Å²) in [5, 5.41) is 6.56. The number of halogens is 1. The monoisotopic (exact) mass is 447 g/mol. The smallest absolute Gasteiger partial charge is 0.227 e. The van der Waals surface area contributed by atoms with Crippen LogP contribution in [0.1, 0.15) is 24.0 Å². The fraction of sp³-hybridized carbons (Fsp3) is 0.240. The highest BCUT2D eigenvalue weighted by atomic mass is 19.1. The van der Waals surface area contributed by atoms with Crippen molar-refractivity contribution in [2.45, 2.75) is 25.9 Å². The molecule has 2 aromatic carbocycles. The topological polar surface area (TPSA) is 78.9 Å². The molecule has 0 unspecified atom stereocenters. The third-order valence-electron chi connectivity index (χ3n) is 5.30. The van der Waals surface area contributed by atoms with Crippen molar-refractivity contribution in [3.05, 3.63) is 83.8 Å². The minimum Gasteiger partial charge on any atom is -0.439 e. The van der Waals surface area contributed by atoms with Gasteiger partial charge in [-0.2, -0.15) is 0 Å². The van der Waals surface area contributed by atoms with Crippen LogP contribution in [0.15, 0.2) is 71.9 Å². The van der Waals surface area contributed by atoms with Crippen LogP contribution in [0.5, 0.6) is 11.6 Å². The van der Waals surface area contributed by atoms with Crippen LogP contribution in [0.2, 0.25) is 0 Å². The maximum absolute atomic E-state index is 13.1. The average molecular weight is 448 g/mol. The summed E-state index contributed by atoms with van der Waals surface area (Å²) < 4.78 is 18.7. The van der Waals surface area contributed by atoms with Crippen molar-refractivity contribution in [2.24, 2.45) is 4.99 Å². The van der Waals surface area contributed by atoms with Crippen LogP contribution in [0.3, 0.4) is 0 Å². The van der Waals surface area contributed by atoms with Crippen molar-refractivity contribution in [3.8, 4) is 11.6 Å². The summed E-state index contributed by atoms with van der Waals surface area (Å²) in [7, 11) is 1.72. The number of benzene rings is 2. The van der Waals surface area contributed by atoms with Crippen molar-refractivity contribution in [2.75, 3.05) is 18.5 Å². The second kappa shape index (κ2) is 10.6. The van der Waals surface area contributed by atoms with E-state index in [1.165, 1.54) is 12.1 Å². The number of carbonyl (C=O) groups excluding carboxylic acids is 1. The van der Waals surface area contributed by atoms with E-state index in [9.17, 15) is 9.18 Å². The minimum atomic E-state index is -0.315. The largest absolute Gasteiger partial charge is 0.439 e. The van der Waals surface area contributed by atoms with Crippen LogP contribution in [0.25, 0.3) is 0 Å². The van der Waals surface area contributed by atoms with Crippen LogP contribution in [-0.2, 0) is 17.9 Å². The SMILES string of the molecule is CN=C(NCc1ccc(N2CCCC2=O)cc1)NCc1ccnc(Oc2ccc(F)cc2)c1. The molecule has 1 aliphatic heterocycles. The third kappa shape index (κ3) is 6.06. The number of aromatic nitrogens is 1. The molecule has 170 valence electrons. The number of guanidine groups is 1. The van der Waals surface area contributed by atoms with Crippen LogP contribution in [0.4, 0.5) is 10.1 Å². The number of ether oxygens (including phenoxy) is 1. The number of nitrogens with one attached hydrogen (secondary N) is 2. The molecule has 0 aliphatic carbocycles. The molecule has 1 saturated heterocycles. The van der Waals surface area contributed by atoms with Gasteiger partial charge in [-0.05, 0) is 60.0 Å². The first-order valence-electron chi connectivity index (χ1n) is 10.8. The van der Waals surface area contributed by atoms with Gasteiger partial charge in [0.15, 0.2) is 5.96 Å². The minimum absolute atomic E-state index is 0.188. The highest BCUT2D eigenvalue weighted by Gasteiger charge is 2.21. The molecule has 2 heterocycles. The van der Waals surface area contributed by atoms with Crippen molar-refractivity contribution >= 4 is 17.6 Å². The van der Waals surface area contributed by atoms with Crippen LogP contribution in [-0.4, -0.2) is 30.4 Å². The summed E-state index contributed by atoms with van der Waals surface area (Å²) in [6, 6.07) is 17.5. The first kappa shape index (κ1) is 22.3. The normalized spacial score (nSPS) is 13.8. The van der Waals surface area contributed by atoms with E-state index >= 15 is 0 Å². The van der Waals surface area contributed by atoms with E-state index in [4.69, 9.17) is 4.74 Å². The summed E-state index contributed by atoms with van der Waals surface area (Å²) in [6.45, 7) is 1.92. The number of carbonyl (C=O) groups is 1. The van der Waals surface area contributed by atoms with Gasteiger partial charge in [-0.15, -0.1) is 0 Å². The number of nitrogens with zero attached hydrogens (tertiary/aromatic N) is 3. The summed E-state index contributed by atoms with van der Waals surface area (Å²) in [4.78, 5) is 22.2. The van der Waals surface area contributed by atoms with Crippen molar-refractivity contribution in [1.82, 2.24) is 15.6 Å². The molecular weight excluding hydrogens is 421 g/mol. The Kier molecular flexibility index (Phi) is 7.14. The number of pyridine rings is 1. The predicted octanol–water partition coefficient (Wildman–Crippen LogP) is 4.01. The number of rotatable bonds is 7. The number of hydrogen-bond donors (Lipinski definition) is 2. The lowest BCUT2D eigenvalue weighted by Gasteiger charge is -2.16. The van der Waals surface area contributed by atoms with E-state index in [-0.39, 0.29) is 11.7 Å². The number of hydrogen-bond acceptors (Lipinski definition) is 4. The molecule has 33 heavy (non-hydrogen) atoms. The van der Waals surface area contributed by atoms with E-state index in [0.29, 0.717) is 37.1 Å². The van der Waals surface area contributed by atoms with Gasteiger partial charge in [-0.1, -0.05) is 12.1 Å². The van der Waals surface area contributed by atoms with Gasteiger partial charge in [-0.25, -0.2) is 9.37 Å². The summed E-state index contributed by atoms with van der Waals surface area (Å²) in [6.07, 6.45) is 3.21. The molecule has 8 heteroatoms. The number of anilines is 1. The molecule has 0 spiro atoms. The lowest BCUT2D eigenvalue weighted by atomic mass is 10.2. The fourth-order valence-corrected chi connectivity index (χ4v) is 3.55. The molecule has 1 amide bonds. The number of amides is 1. The Hall–Kier alpha value is -3.94. The molecule has 1 aromatic heterocycles. The van der Waals surface area contributed by atoms with Gasteiger partial charge in [0, 0.05) is 51.1 Å². The lowest BCUT2D eigenvalue weighted by Crippen LogP contribution is -2.36. The maximum Gasteiger partial charge on any atom is 0.227 e. The first-order chi connectivity index (χ1) is 16.1. The summed E-state index contributed by atoms with van der Waals surface area (Å²) >= 11 is 0. The predicted molar refractivity (Wildman–Crippen MR) is 126 cm³/mol.